The number of nitrogens with zero attached hydrogens (tertiary/aromatic N) is 2. The third kappa shape index (κ3) is 2.58. The van der Waals surface area contributed by atoms with E-state index in [-0.39, 0.29) is 11.8 Å². The second-order valence-electron chi connectivity index (χ2n) is 4.93. The Bertz CT molecular complexity index is 830. The normalized spacial score (nSPS) is 10.6. The van der Waals surface area contributed by atoms with Crippen molar-refractivity contribution in [3.8, 4) is 0 Å². The van der Waals surface area contributed by atoms with E-state index in [4.69, 9.17) is 0 Å². The van der Waals surface area contributed by atoms with Gasteiger partial charge < -0.3 is 10.6 Å². The Balaban J connectivity index is 2.26. The first-order valence-corrected chi connectivity index (χ1v) is 6.79. The van der Waals surface area contributed by atoms with E-state index in [0.717, 1.165) is 0 Å². The fraction of sp³-hybridized carbons (Fsp3) is 0.125. The maximum Gasteiger partial charge on any atom is 0.221 e. The standard InChI is InChI=1S/C16H14N4O2/c1-9(21)17-11-5-3-7-13-15(11)19-14-8-4-6-12(16(14)20-13)18-10(2)22/h3-8H,1-2H3,(H,17,21)(H,18,22). The number of amides is 2. The molecule has 0 bridgehead atoms. The van der Waals surface area contributed by atoms with Crippen molar-refractivity contribution in [2.75, 3.05) is 10.6 Å². The summed E-state index contributed by atoms with van der Waals surface area (Å²) < 4.78 is 0. The summed E-state index contributed by atoms with van der Waals surface area (Å²) in [5.74, 6) is -0.331. The van der Waals surface area contributed by atoms with Crippen LogP contribution in [0.5, 0.6) is 0 Å². The molecule has 2 N–H and O–H groups in total. The molecule has 6 heteroatoms. The molecule has 0 radical (unpaired) electrons. The Labute approximate surface area is 126 Å². The van der Waals surface area contributed by atoms with E-state index in [9.17, 15) is 9.59 Å². The molecule has 0 aliphatic rings. The van der Waals surface area contributed by atoms with Gasteiger partial charge in [-0.15, -0.1) is 0 Å². The molecule has 2 aromatic carbocycles. The van der Waals surface area contributed by atoms with Crippen LogP contribution in [0.15, 0.2) is 36.4 Å². The summed E-state index contributed by atoms with van der Waals surface area (Å²) in [5.41, 5.74) is 3.76. The largest absolute Gasteiger partial charge is 0.324 e. The number of fused-ring (bicyclic) bond motifs is 2. The number of aromatic nitrogens is 2. The number of carbonyl (C=O) groups is 2. The lowest BCUT2D eigenvalue weighted by molar-refractivity contribution is -0.115. The average Bonchev–Trinajstić information content (AvgIpc) is 2.45. The lowest BCUT2D eigenvalue weighted by atomic mass is 10.2. The number of rotatable bonds is 2. The van der Waals surface area contributed by atoms with Crippen molar-refractivity contribution in [2.24, 2.45) is 0 Å². The second-order valence-corrected chi connectivity index (χ2v) is 4.93. The van der Waals surface area contributed by atoms with Crippen LogP contribution in [0.25, 0.3) is 22.1 Å². The monoisotopic (exact) mass is 294 g/mol. The molecule has 3 rings (SSSR count). The Morgan fingerprint density at radius 3 is 1.55 bits per heavy atom. The van der Waals surface area contributed by atoms with E-state index in [2.05, 4.69) is 20.6 Å². The second kappa shape index (κ2) is 5.40. The molecule has 0 saturated heterocycles. The molecule has 0 aliphatic heterocycles. The van der Waals surface area contributed by atoms with Crippen molar-refractivity contribution in [2.45, 2.75) is 13.8 Å². The lowest BCUT2D eigenvalue weighted by Gasteiger charge is -2.09. The van der Waals surface area contributed by atoms with Crippen molar-refractivity contribution in [3.63, 3.8) is 0 Å². The number of carbonyl (C=O) groups excluding carboxylic acids is 2. The van der Waals surface area contributed by atoms with Crippen molar-refractivity contribution in [3.05, 3.63) is 36.4 Å². The molecule has 0 saturated carbocycles. The molecule has 110 valence electrons. The highest BCUT2D eigenvalue weighted by molar-refractivity contribution is 6.04. The van der Waals surface area contributed by atoms with Gasteiger partial charge in [0, 0.05) is 13.8 Å². The Morgan fingerprint density at radius 1 is 0.773 bits per heavy atom. The molecule has 0 fully saturated rings. The minimum absolute atomic E-state index is 0.165. The quantitative estimate of drug-likeness (QED) is 0.712. The molecule has 0 aliphatic carbocycles. The smallest absolute Gasteiger partial charge is 0.221 e. The molecular formula is C16H14N4O2. The van der Waals surface area contributed by atoms with Gasteiger partial charge >= 0.3 is 0 Å². The molecule has 1 aromatic heterocycles. The van der Waals surface area contributed by atoms with Gasteiger partial charge in [-0.3, -0.25) is 9.59 Å². The van der Waals surface area contributed by atoms with Gasteiger partial charge in [-0.1, -0.05) is 12.1 Å². The Hall–Kier alpha value is -3.02. The lowest BCUT2D eigenvalue weighted by Crippen LogP contribution is -2.08. The molecule has 0 unspecified atom stereocenters. The summed E-state index contributed by atoms with van der Waals surface area (Å²) in [6.07, 6.45) is 0. The van der Waals surface area contributed by atoms with Crippen LogP contribution in [-0.4, -0.2) is 21.8 Å². The highest BCUT2D eigenvalue weighted by atomic mass is 16.2. The van der Waals surface area contributed by atoms with Crippen molar-refractivity contribution in [1.82, 2.24) is 9.97 Å². The highest BCUT2D eigenvalue weighted by Gasteiger charge is 2.10. The summed E-state index contributed by atoms with van der Waals surface area (Å²) in [6, 6.07) is 10.8. The number of nitrogens with one attached hydrogen (secondary N) is 2. The van der Waals surface area contributed by atoms with Crippen LogP contribution in [0.4, 0.5) is 11.4 Å². The van der Waals surface area contributed by atoms with E-state index in [0.29, 0.717) is 33.4 Å². The van der Waals surface area contributed by atoms with Gasteiger partial charge in [0.15, 0.2) is 0 Å². The third-order valence-corrected chi connectivity index (χ3v) is 3.12. The topological polar surface area (TPSA) is 84.0 Å². The van der Waals surface area contributed by atoms with Crippen LogP contribution >= 0.6 is 0 Å². The van der Waals surface area contributed by atoms with Gasteiger partial charge in [-0.25, -0.2) is 9.97 Å². The first-order chi connectivity index (χ1) is 10.5. The van der Waals surface area contributed by atoms with Gasteiger partial charge in [0.05, 0.1) is 22.4 Å². The zero-order chi connectivity index (χ0) is 15.7. The van der Waals surface area contributed by atoms with E-state index in [1.807, 2.05) is 12.1 Å². The molecule has 0 spiro atoms. The summed E-state index contributed by atoms with van der Waals surface area (Å²) in [4.78, 5) is 31.7. The number of hydrogen-bond donors (Lipinski definition) is 2. The van der Waals surface area contributed by atoms with E-state index < -0.39 is 0 Å². The van der Waals surface area contributed by atoms with Crippen molar-refractivity contribution in [1.29, 1.82) is 0 Å². The van der Waals surface area contributed by atoms with E-state index in [1.54, 1.807) is 24.3 Å². The summed E-state index contributed by atoms with van der Waals surface area (Å²) in [6.45, 7) is 2.89. The average molecular weight is 294 g/mol. The van der Waals surface area contributed by atoms with Crippen LogP contribution in [0.1, 0.15) is 13.8 Å². The zero-order valence-corrected chi connectivity index (χ0v) is 12.2. The molecule has 22 heavy (non-hydrogen) atoms. The predicted molar refractivity (Wildman–Crippen MR) is 85.7 cm³/mol. The first kappa shape index (κ1) is 13.9. The molecule has 2 amide bonds. The molecule has 3 aromatic rings. The predicted octanol–water partition coefficient (Wildman–Crippen LogP) is 2.70. The van der Waals surface area contributed by atoms with Gasteiger partial charge in [-0.2, -0.15) is 0 Å². The Kier molecular flexibility index (Phi) is 3.42. The SMILES string of the molecule is CC(=O)Nc1cccc2nc3c(NC(C)=O)cccc3nc12. The van der Waals surface area contributed by atoms with Crippen LogP contribution in [-0.2, 0) is 9.59 Å². The van der Waals surface area contributed by atoms with Crippen molar-refractivity contribution < 1.29 is 9.59 Å². The number of hydrogen-bond acceptors (Lipinski definition) is 4. The molecule has 1 heterocycles. The van der Waals surface area contributed by atoms with Crippen molar-refractivity contribution >= 4 is 45.3 Å². The van der Waals surface area contributed by atoms with Crippen LogP contribution in [0.2, 0.25) is 0 Å². The summed E-state index contributed by atoms with van der Waals surface area (Å²) >= 11 is 0. The third-order valence-electron chi connectivity index (χ3n) is 3.12. The maximum atomic E-state index is 11.3. The Morgan fingerprint density at radius 2 is 1.18 bits per heavy atom. The first-order valence-electron chi connectivity index (χ1n) is 6.79. The van der Waals surface area contributed by atoms with E-state index in [1.165, 1.54) is 13.8 Å². The number of para-hydroxylation sites is 2. The van der Waals surface area contributed by atoms with Crippen LogP contribution in [0.3, 0.4) is 0 Å². The fourth-order valence-corrected chi connectivity index (χ4v) is 2.30. The maximum absolute atomic E-state index is 11.3. The minimum atomic E-state index is -0.165. The molecular weight excluding hydrogens is 280 g/mol. The summed E-state index contributed by atoms with van der Waals surface area (Å²) in [7, 11) is 0. The molecule has 6 nitrogen and oxygen atoms in total. The van der Waals surface area contributed by atoms with Crippen LogP contribution in [0, 0.1) is 0 Å². The zero-order valence-electron chi connectivity index (χ0n) is 12.2. The summed E-state index contributed by atoms with van der Waals surface area (Å²) in [5, 5.41) is 5.50. The molecule has 0 atom stereocenters. The van der Waals surface area contributed by atoms with E-state index >= 15 is 0 Å². The minimum Gasteiger partial charge on any atom is -0.324 e. The van der Waals surface area contributed by atoms with Gasteiger partial charge in [0.1, 0.15) is 11.0 Å². The highest BCUT2D eigenvalue weighted by Crippen LogP contribution is 2.26. The number of anilines is 2. The fourth-order valence-electron chi connectivity index (χ4n) is 2.30. The van der Waals surface area contributed by atoms with Crippen LogP contribution < -0.4 is 10.6 Å². The number of benzene rings is 2. The van der Waals surface area contributed by atoms with Gasteiger partial charge in [-0.05, 0) is 24.3 Å². The van der Waals surface area contributed by atoms with Gasteiger partial charge in [0.2, 0.25) is 11.8 Å². The van der Waals surface area contributed by atoms with Gasteiger partial charge in [0.25, 0.3) is 0 Å².